The van der Waals surface area contributed by atoms with Crippen molar-refractivity contribution in [1.82, 2.24) is 15.0 Å². The lowest BCUT2D eigenvalue weighted by Gasteiger charge is -2.15. The molecule has 1 aromatic heterocycles. The van der Waals surface area contributed by atoms with Gasteiger partial charge in [0, 0.05) is 11.1 Å². The van der Waals surface area contributed by atoms with Crippen molar-refractivity contribution in [2.45, 2.75) is 0 Å². The number of aromatic nitrogens is 3. The third-order valence-electron chi connectivity index (χ3n) is 5.46. The second-order valence-electron chi connectivity index (χ2n) is 7.54. The van der Waals surface area contributed by atoms with Crippen LogP contribution < -0.4 is 0 Å². The van der Waals surface area contributed by atoms with Gasteiger partial charge in [0.15, 0.2) is 11.6 Å². The van der Waals surface area contributed by atoms with Crippen LogP contribution in [0.15, 0.2) is 121 Å². The van der Waals surface area contributed by atoms with Crippen LogP contribution in [0.25, 0.3) is 55.8 Å². The highest BCUT2D eigenvalue weighted by molar-refractivity contribution is 6.28. The maximum atomic E-state index is 8.73. The van der Waals surface area contributed by atoms with Gasteiger partial charge in [-0.05, 0) is 50.7 Å². The largest absolute Gasteiger partial charge is 0.226 e. The summed E-state index contributed by atoms with van der Waals surface area (Å²) in [6.07, 6.45) is 0. The molecule has 0 unspecified atom stereocenters. The summed E-state index contributed by atoms with van der Waals surface area (Å²) in [7, 11) is 0. The Balaban J connectivity index is 1.65. The van der Waals surface area contributed by atoms with E-state index in [0.29, 0.717) is 16.7 Å². The normalized spacial score (nSPS) is 15.0. The number of fused-ring (bicyclic) bond motifs is 1. The Labute approximate surface area is 222 Å². The van der Waals surface area contributed by atoms with Crippen LogP contribution in [-0.4, -0.2) is 15.0 Å². The summed E-state index contributed by atoms with van der Waals surface area (Å²) in [5.74, 6) is -0.264. The predicted molar refractivity (Wildman–Crippen MR) is 144 cm³/mol. The van der Waals surface area contributed by atoms with Crippen LogP contribution in [0.4, 0.5) is 0 Å². The van der Waals surface area contributed by atoms with Crippen molar-refractivity contribution in [2.75, 3.05) is 0 Å². The van der Waals surface area contributed by atoms with E-state index in [2.05, 4.69) is 15.0 Å². The van der Waals surface area contributed by atoms with Gasteiger partial charge in [-0.25, -0.2) is 4.98 Å². The standard InChI is InChI=1S/C31H20ClN3/c32-31-34-29(23-13-5-2-6-14-23)33-30(35-31)24-18-19-27(28(20-24)22-10-3-1-4-11-22)26-17-9-15-21-12-7-8-16-25(21)26/h1-20H/i1D,2D,3D,4D,5D,6D,10D,11D,13D,14D. The lowest BCUT2D eigenvalue weighted by Crippen LogP contribution is -1.98. The summed E-state index contributed by atoms with van der Waals surface area (Å²) >= 11 is 6.28. The van der Waals surface area contributed by atoms with Gasteiger partial charge in [0.2, 0.25) is 5.28 Å². The van der Waals surface area contributed by atoms with E-state index in [9.17, 15) is 0 Å². The van der Waals surface area contributed by atoms with E-state index in [1.807, 2.05) is 42.5 Å². The zero-order valence-corrected chi connectivity index (χ0v) is 18.7. The fourth-order valence-electron chi connectivity index (χ4n) is 3.92. The molecule has 4 heteroatoms. The SMILES string of the molecule is [2H]c1c([2H])c([2H])c(-c2nc(Cl)nc(-c3ccc(-c4cccc5ccccc45)c(-c4c([2H])c([2H])c([2H])c([2H])c4[2H])c3)n2)c([2H])c1[2H]. The molecule has 0 aliphatic rings. The molecule has 0 aliphatic carbocycles. The molecule has 0 fully saturated rings. The molecule has 0 saturated carbocycles. The molecule has 0 radical (unpaired) electrons. The first kappa shape index (κ1) is 12.9. The van der Waals surface area contributed by atoms with Crippen molar-refractivity contribution in [1.29, 1.82) is 0 Å². The molecule has 0 atom stereocenters. The number of hydrogen-bond donors (Lipinski definition) is 0. The lowest BCUT2D eigenvalue weighted by molar-refractivity contribution is 1.07. The third kappa shape index (κ3) is 4.18. The van der Waals surface area contributed by atoms with Crippen molar-refractivity contribution in [3.8, 4) is 45.0 Å². The van der Waals surface area contributed by atoms with Gasteiger partial charge in [-0.1, -0.05) is 115 Å². The monoisotopic (exact) mass is 479 g/mol. The molecule has 0 aliphatic heterocycles. The quantitative estimate of drug-likeness (QED) is 0.255. The van der Waals surface area contributed by atoms with E-state index in [-0.39, 0.29) is 28.1 Å². The molecular formula is C31H20ClN3. The van der Waals surface area contributed by atoms with Crippen molar-refractivity contribution in [3.05, 3.63) is 126 Å². The first-order valence-electron chi connectivity index (χ1n) is 15.6. The van der Waals surface area contributed by atoms with Crippen molar-refractivity contribution >= 4 is 22.4 Å². The summed E-state index contributed by atoms with van der Waals surface area (Å²) in [5.41, 5.74) is 1.68. The fourth-order valence-corrected chi connectivity index (χ4v) is 4.08. The van der Waals surface area contributed by atoms with Crippen LogP contribution in [0, 0.1) is 0 Å². The van der Waals surface area contributed by atoms with Gasteiger partial charge in [-0.2, -0.15) is 9.97 Å². The number of benzene rings is 5. The van der Waals surface area contributed by atoms with E-state index in [1.54, 1.807) is 18.2 Å². The maximum absolute atomic E-state index is 8.73. The second kappa shape index (κ2) is 9.13. The van der Waals surface area contributed by atoms with Gasteiger partial charge in [0.25, 0.3) is 0 Å². The summed E-state index contributed by atoms with van der Waals surface area (Å²) in [4.78, 5) is 12.7. The number of nitrogens with zero attached hydrogens (tertiary/aromatic N) is 3. The van der Waals surface area contributed by atoms with Gasteiger partial charge in [-0.3, -0.25) is 0 Å². The van der Waals surface area contributed by atoms with Gasteiger partial charge in [-0.15, -0.1) is 0 Å². The molecule has 35 heavy (non-hydrogen) atoms. The smallest absolute Gasteiger partial charge is 0.208 e. The number of rotatable bonds is 4. The molecule has 0 saturated heterocycles. The number of hydrogen-bond acceptors (Lipinski definition) is 3. The molecule has 5 aromatic carbocycles. The molecule has 0 N–H and O–H groups in total. The minimum Gasteiger partial charge on any atom is -0.208 e. The van der Waals surface area contributed by atoms with Crippen molar-refractivity contribution < 1.29 is 13.7 Å². The van der Waals surface area contributed by atoms with Crippen LogP contribution in [0.5, 0.6) is 0 Å². The molecule has 1 heterocycles. The Kier molecular flexibility index (Phi) is 3.37. The van der Waals surface area contributed by atoms with E-state index in [1.165, 1.54) is 0 Å². The average Bonchev–Trinajstić information content (AvgIpc) is 3.04. The number of halogens is 1. The minimum atomic E-state index is -0.568. The van der Waals surface area contributed by atoms with Crippen LogP contribution in [0.2, 0.25) is 5.28 Å². The van der Waals surface area contributed by atoms with Crippen LogP contribution >= 0.6 is 11.6 Å². The van der Waals surface area contributed by atoms with Crippen molar-refractivity contribution in [3.63, 3.8) is 0 Å². The molecule has 0 amide bonds. The molecule has 6 aromatic rings. The highest BCUT2D eigenvalue weighted by Crippen LogP contribution is 2.38. The van der Waals surface area contributed by atoms with Crippen molar-refractivity contribution in [2.24, 2.45) is 0 Å². The summed E-state index contributed by atoms with van der Waals surface area (Å²) in [6.45, 7) is 0. The minimum absolute atomic E-state index is 0.0186. The van der Waals surface area contributed by atoms with E-state index >= 15 is 0 Å². The Morgan fingerprint density at radius 3 is 1.97 bits per heavy atom. The lowest BCUT2D eigenvalue weighted by atomic mass is 9.90. The summed E-state index contributed by atoms with van der Waals surface area (Å²) in [6, 6.07) is 13.3. The first-order chi connectivity index (χ1) is 21.4. The topological polar surface area (TPSA) is 38.7 Å². The zero-order chi connectivity index (χ0) is 32.3. The molecule has 0 bridgehead atoms. The molecule has 166 valence electrons. The predicted octanol–water partition coefficient (Wildman–Crippen LogP) is 8.35. The molecule has 0 spiro atoms. The van der Waals surface area contributed by atoms with Gasteiger partial charge >= 0.3 is 0 Å². The Morgan fingerprint density at radius 2 is 1.20 bits per heavy atom. The summed E-state index contributed by atoms with van der Waals surface area (Å²) in [5, 5.41) is 1.52. The van der Waals surface area contributed by atoms with E-state index in [4.69, 9.17) is 25.3 Å². The van der Waals surface area contributed by atoms with Gasteiger partial charge in [0.1, 0.15) is 0 Å². The average molecular weight is 480 g/mol. The third-order valence-corrected chi connectivity index (χ3v) is 5.63. The first-order valence-corrected chi connectivity index (χ1v) is 11.0. The summed E-state index contributed by atoms with van der Waals surface area (Å²) < 4.78 is 82.9. The highest BCUT2D eigenvalue weighted by atomic mass is 35.5. The van der Waals surface area contributed by atoms with Crippen LogP contribution in [0.1, 0.15) is 13.7 Å². The second-order valence-corrected chi connectivity index (χ2v) is 7.88. The molecule has 6 rings (SSSR count). The zero-order valence-electron chi connectivity index (χ0n) is 28.0. The van der Waals surface area contributed by atoms with Crippen LogP contribution in [-0.2, 0) is 0 Å². The molecule has 3 nitrogen and oxygen atoms in total. The fraction of sp³-hybridized carbons (Fsp3) is 0. The van der Waals surface area contributed by atoms with Gasteiger partial charge in [0.05, 0.1) is 13.7 Å². The molecular weight excluding hydrogens is 450 g/mol. The Hall–Kier alpha value is -4.34. The highest BCUT2D eigenvalue weighted by Gasteiger charge is 2.15. The Morgan fingerprint density at radius 1 is 0.543 bits per heavy atom. The van der Waals surface area contributed by atoms with E-state index in [0.717, 1.165) is 16.3 Å². The Bertz CT molecular complexity index is 2140. The van der Waals surface area contributed by atoms with E-state index < -0.39 is 60.4 Å². The van der Waals surface area contributed by atoms with Crippen LogP contribution in [0.3, 0.4) is 0 Å². The maximum Gasteiger partial charge on any atom is 0.226 e. The van der Waals surface area contributed by atoms with Gasteiger partial charge < -0.3 is 0 Å².